The van der Waals surface area contributed by atoms with Crippen LogP contribution in [0.25, 0.3) is 5.69 Å². The van der Waals surface area contributed by atoms with Crippen LogP contribution in [0.2, 0.25) is 0 Å². The fraction of sp³-hybridized carbons (Fsp3) is 0.318. The molecule has 0 saturated carbocycles. The van der Waals surface area contributed by atoms with Crippen molar-refractivity contribution in [3.05, 3.63) is 60.4 Å². The van der Waals surface area contributed by atoms with Crippen LogP contribution in [0, 0.1) is 6.92 Å². The number of anilines is 1. The molecule has 1 amide bonds. The second-order valence-electron chi connectivity index (χ2n) is 7.49. The highest BCUT2D eigenvalue weighted by atomic mass is 32.2. The summed E-state index contributed by atoms with van der Waals surface area (Å²) in [6, 6.07) is 15.9. The van der Waals surface area contributed by atoms with Crippen LogP contribution in [-0.4, -0.2) is 64.9 Å². The Labute approximate surface area is 197 Å². The predicted octanol–water partition coefficient (Wildman–Crippen LogP) is 2.72. The van der Waals surface area contributed by atoms with E-state index in [4.69, 9.17) is 4.74 Å². The lowest BCUT2D eigenvalue weighted by Crippen LogP contribution is -2.40. The van der Waals surface area contributed by atoms with Crippen LogP contribution in [0.4, 0.5) is 5.69 Å². The van der Waals surface area contributed by atoms with Crippen molar-refractivity contribution < 1.29 is 17.9 Å². The number of hydrogen-bond donors (Lipinski definition) is 1. The van der Waals surface area contributed by atoms with Gasteiger partial charge in [0.25, 0.3) is 0 Å². The molecular formula is C22H25N5O4S2. The van der Waals surface area contributed by atoms with Gasteiger partial charge in [0.1, 0.15) is 5.82 Å². The van der Waals surface area contributed by atoms with E-state index in [9.17, 15) is 13.2 Å². The van der Waals surface area contributed by atoms with Gasteiger partial charge in [0.2, 0.25) is 15.9 Å². The van der Waals surface area contributed by atoms with Crippen molar-refractivity contribution >= 4 is 33.4 Å². The molecule has 11 heteroatoms. The first kappa shape index (κ1) is 23.4. The van der Waals surface area contributed by atoms with E-state index < -0.39 is 15.3 Å². The van der Waals surface area contributed by atoms with Gasteiger partial charge in [-0.15, -0.1) is 10.2 Å². The third-order valence-corrected chi connectivity index (χ3v) is 8.15. The van der Waals surface area contributed by atoms with Crippen molar-refractivity contribution in [3.63, 3.8) is 0 Å². The molecule has 174 valence electrons. The van der Waals surface area contributed by atoms with Gasteiger partial charge in [0, 0.05) is 24.5 Å². The monoisotopic (exact) mass is 487 g/mol. The van der Waals surface area contributed by atoms with Crippen LogP contribution in [-0.2, 0) is 19.6 Å². The third kappa shape index (κ3) is 5.27. The Morgan fingerprint density at radius 1 is 1.06 bits per heavy atom. The van der Waals surface area contributed by atoms with Crippen molar-refractivity contribution in [1.82, 2.24) is 19.1 Å². The molecule has 2 aromatic carbocycles. The molecule has 0 spiro atoms. The SMILES string of the molecule is Cc1nnc(S[C@@H](C)C(=O)Nc2ccc(S(=O)(=O)N3CCOCC3)cc2)n1-c1ccccc1. The van der Waals surface area contributed by atoms with Gasteiger partial charge in [0.15, 0.2) is 5.16 Å². The van der Waals surface area contributed by atoms with Gasteiger partial charge < -0.3 is 10.1 Å². The Hall–Kier alpha value is -2.73. The second kappa shape index (κ2) is 10.0. The summed E-state index contributed by atoms with van der Waals surface area (Å²) in [5.74, 6) is 0.512. The van der Waals surface area contributed by atoms with E-state index in [2.05, 4.69) is 15.5 Å². The molecule has 0 unspecified atom stereocenters. The van der Waals surface area contributed by atoms with Crippen LogP contribution in [0.5, 0.6) is 0 Å². The first-order valence-electron chi connectivity index (χ1n) is 10.5. The van der Waals surface area contributed by atoms with Crippen molar-refractivity contribution in [2.45, 2.75) is 29.1 Å². The van der Waals surface area contributed by atoms with Gasteiger partial charge in [-0.1, -0.05) is 30.0 Å². The zero-order valence-electron chi connectivity index (χ0n) is 18.3. The highest BCUT2D eigenvalue weighted by Gasteiger charge is 2.26. The Morgan fingerprint density at radius 2 is 1.73 bits per heavy atom. The lowest BCUT2D eigenvalue weighted by Gasteiger charge is -2.26. The molecule has 0 aliphatic carbocycles. The molecule has 1 aliphatic heterocycles. The highest BCUT2D eigenvalue weighted by molar-refractivity contribution is 8.00. The van der Waals surface area contributed by atoms with Gasteiger partial charge in [-0.05, 0) is 50.2 Å². The summed E-state index contributed by atoms with van der Waals surface area (Å²) in [6.07, 6.45) is 0. The minimum Gasteiger partial charge on any atom is -0.379 e. The van der Waals surface area contributed by atoms with Crippen molar-refractivity contribution in [3.8, 4) is 5.69 Å². The molecule has 4 rings (SSSR count). The molecule has 1 aliphatic rings. The zero-order valence-corrected chi connectivity index (χ0v) is 20.0. The maximum atomic E-state index is 12.8. The molecule has 3 aromatic rings. The number of aryl methyl sites for hydroxylation is 1. The number of aromatic nitrogens is 3. The normalized spacial score (nSPS) is 15.8. The number of carbonyl (C=O) groups excluding carboxylic acids is 1. The highest BCUT2D eigenvalue weighted by Crippen LogP contribution is 2.26. The van der Waals surface area contributed by atoms with E-state index in [-0.39, 0.29) is 10.8 Å². The Kier molecular flexibility index (Phi) is 7.13. The summed E-state index contributed by atoms with van der Waals surface area (Å²) in [6.45, 7) is 5.10. The number of ether oxygens (including phenoxy) is 1. The van der Waals surface area contributed by atoms with E-state index in [1.807, 2.05) is 41.8 Å². The first-order valence-corrected chi connectivity index (χ1v) is 12.8. The topological polar surface area (TPSA) is 106 Å². The van der Waals surface area contributed by atoms with E-state index in [1.54, 1.807) is 19.1 Å². The number of nitrogens with zero attached hydrogens (tertiary/aromatic N) is 4. The lowest BCUT2D eigenvalue weighted by molar-refractivity contribution is -0.115. The fourth-order valence-corrected chi connectivity index (χ4v) is 5.72. The maximum absolute atomic E-state index is 12.8. The average molecular weight is 488 g/mol. The van der Waals surface area contributed by atoms with Crippen LogP contribution in [0.1, 0.15) is 12.7 Å². The smallest absolute Gasteiger partial charge is 0.243 e. The summed E-state index contributed by atoms with van der Waals surface area (Å²) < 4.78 is 34.0. The Balaban J connectivity index is 1.42. The first-order chi connectivity index (χ1) is 15.9. The van der Waals surface area contributed by atoms with Gasteiger partial charge in [-0.2, -0.15) is 4.31 Å². The molecule has 1 aromatic heterocycles. The van der Waals surface area contributed by atoms with E-state index in [0.29, 0.717) is 37.1 Å². The molecular weight excluding hydrogens is 462 g/mol. The second-order valence-corrected chi connectivity index (χ2v) is 10.7. The van der Waals surface area contributed by atoms with Gasteiger partial charge in [-0.3, -0.25) is 9.36 Å². The molecule has 2 heterocycles. The van der Waals surface area contributed by atoms with Crippen LogP contribution in [0.15, 0.2) is 64.6 Å². The number of amides is 1. The van der Waals surface area contributed by atoms with Crippen LogP contribution < -0.4 is 5.32 Å². The van der Waals surface area contributed by atoms with Crippen molar-refractivity contribution in [2.75, 3.05) is 31.6 Å². The number of sulfonamides is 1. The van der Waals surface area contributed by atoms with E-state index in [1.165, 1.54) is 28.2 Å². The van der Waals surface area contributed by atoms with Crippen LogP contribution in [0.3, 0.4) is 0 Å². The number of rotatable bonds is 7. The number of nitrogens with one attached hydrogen (secondary N) is 1. The fourth-order valence-electron chi connectivity index (χ4n) is 3.40. The standard InChI is InChI=1S/C22H25N5O4S2/c1-16(32-22-25-24-17(2)27(22)19-6-4-3-5-7-19)21(28)23-18-8-10-20(11-9-18)33(29,30)26-12-14-31-15-13-26/h3-11,16H,12-15H2,1-2H3,(H,23,28)/t16-/m0/s1. The van der Waals surface area contributed by atoms with Crippen molar-refractivity contribution in [2.24, 2.45) is 0 Å². The van der Waals surface area contributed by atoms with E-state index >= 15 is 0 Å². The number of thioether (sulfide) groups is 1. The molecule has 33 heavy (non-hydrogen) atoms. The molecule has 1 atom stereocenters. The summed E-state index contributed by atoms with van der Waals surface area (Å²) in [4.78, 5) is 13.0. The van der Waals surface area contributed by atoms with Crippen molar-refractivity contribution in [1.29, 1.82) is 0 Å². The molecule has 1 saturated heterocycles. The largest absolute Gasteiger partial charge is 0.379 e. The number of morpholine rings is 1. The minimum atomic E-state index is -3.57. The number of benzene rings is 2. The summed E-state index contributed by atoms with van der Waals surface area (Å²) in [7, 11) is -3.57. The molecule has 0 bridgehead atoms. The molecule has 1 fully saturated rings. The van der Waals surface area contributed by atoms with Gasteiger partial charge in [-0.25, -0.2) is 8.42 Å². The predicted molar refractivity (Wildman–Crippen MR) is 126 cm³/mol. The zero-order chi connectivity index (χ0) is 23.4. The molecule has 1 N–H and O–H groups in total. The summed E-state index contributed by atoms with van der Waals surface area (Å²) in [5, 5.41) is 11.4. The minimum absolute atomic E-state index is 0.191. The molecule has 0 radical (unpaired) electrons. The third-order valence-electron chi connectivity index (χ3n) is 5.19. The van der Waals surface area contributed by atoms with Crippen LogP contribution >= 0.6 is 11.8 Å². The molecule has 9 nitrogen and oxygen atoms in total. The summed E-state index contributed by atoms with van der Waals surface area (Å²) >= 11 is 1.30. The lowest BCUT2D eigenvalue weighted by atomic mass is 10.3. The Morgan fingerprint density at radius 3 is 2.39 bits per heavy atom. The maximum Gasteiger partial charge on any atom is 0.243 e. The number of hydrogen-bond acceptors (Lipinski definition) is 7. The van der Waals surface area contributed by atoms with Gasteiger partial charge in [0.05, 0.1) is 23.4 Å². The van der Waals surface area contributed by atoms with Gasteiger partial charge >= 0.3 is 0 Å². The summed E-state index contributed by atoms with van der Waals surface area (Å²) in [5.41, 5.74) is 1.45. The quantitative estimate of drug-likeness (QED) is 0.511. The average Bonchev–Trinajstić information content (AvgIpc) is 3.20. The number of carbonyl (C=O) groups is 1. The van der Waals surface area contributed by atoms with E-state index in [0.717, 1.165) is 11.5 Å². The Bertz CT molecular complexity index is 1210. The number of para-hydroxylation sites is 1.